The summed E-state index contributed by atoms with van der Waals surface area (Å²) in [5.74, 6) is 0. The van der Waals surface area contributed by atoms with Crippen LogP contribution in [0.15, 0.2) is 32.1 Å². The summed E-state index contributed by atoms with van der Waals surface area (Å²) in [7, 11) is 0. The summed E-state index contributed by atoms with van der Waals surface area (Å²) in [5.41, 5.74) is 2.51. The van der Waals surface area contributed by atoms with Crippen molar-refractivity contribution in [2.24, 2.45) is 0 Å². The first-order valence-electron chi connectivity index (χ1n) is 3.79. The van der Waals surface area contributed by atoms with Crippen LogP contribution in [0.4, 0.5) is 0 Å². The molecule has 3 heteroatoms. The van der Waals surface area contributed by atoms with Gasteiger partial charge in [0.2, 0.25) is 0 Å². The van der Waals surface area contributed by atoms with Gasteiger partial charge in [0.05, 0.1) is 3.79 Å². The standard InChI is InChI=1S/C10H7BrS2/c11-10-9(4-6-13-10)2-1-8-3-5-12-7-8/h1-7H/b2-1+. The summed E-state index contributed by atoms with van der Waals surface area (Å²) in [5, 5.41) is 6.30. The lowest BCUT2D eigenvalue weighted by atomic mass is 10.2. The molecular weight excluding hydrogens is 264 g/mol. The molecule has 2 aromatic heterocycles. The molecule has 0 saturated heterocycles. The molecule has 0 radical (unpaired) electrons. The molecule has 2 heterocycles. The Morgan fingerprint density at radius 1 is 1.15 bits per heavy atom. The first kappa shape index (κ1) is 9.19. The number of rotatable bonds is 2. The van der Waals surface area contributed by atoms with Crippen LogP contribution in [-0.4, -0.2) is 0 Å². The van der Waals surface area contributed by atoms with Crippen molar-refractivity contribution in [1.82, 2.24) is 0 Å². The van der Waals surface area contributed by atoms with E-state index in [0.29, 0.717) is 0 Å². The van der Waals surface area contributed by atoms with Gasteiger partial charge in [-0.1, -0.05) is 12.2 Å². The second-order valence-electron chi connectivity index (χ2n) is 2.54. The van der Waals surface area contributed by atoms with Crippen molar-refractivity contribution in [1.29, 1.82) is 0 Å². The molecule has 0 aliphatic carbocycles. The fraction of sp³-hybridized carbons (Fsp3) is 0. The SMILES string of the molecule is Brc1sccc1/C=C/c1ccsc1. The molecule has 0 saturated carbocycles. The first-order chi connectivity index (χ1) is 6.36. The van der Waals surface area contributed by atoms with Gasteiger partial charge in [-0.25, -0.2) is 0 Å². The molecule has 2 aromatic rings. The lowest BCUT2D eigenvalue weighted by Gasteiger charge is -1.86. The Hall–Kier alpha value is -0.380. The zero-order valence-corrected chi connectivity index (χ0v) is 9.95. The molecule has 0 N–H and O–H groups in total. The summed E-state index contributed by atoms with van der Waals surface area (Å²) in [4.78, 5) is 0. The van der Waals surface area contributed by atoms with Gasteiger partial charge in [0.15, 0.2) is 0 Å². The predicted molar refractivity (Wildman–Crippen MR) is 65.3 cm³/mol. The van der Waals surface area contributed by atoms with E-state index in [9.17, 15) is 0 Å². The maximum Gasteiger partial charge on any atom is 0.0770 e. The topological polar surface area (TPSA) is 0 Å². The third kappa shape index (κ3) is 2.30. The Labute approximate surface area is 93.7 Å². The Bertz CT molecular complexity index is 398. The van der Waals surface area contributed by atoms with Crippen molar-refractivity contribution < 1.29 is 0 Å². The number of hydrogen-bond donors (Lipinski definition) is 0. The molecule has 0 aromatic carbocycles. The van der Waals surface area contributed by atoms with Gasteiger partial charge in [-0.3, -0.25) is 0 Å². The van der Waals surface area contributed by atoms with Gasteiger partial charge in [-0.15, -0.1) is 11.3 Å². The molecule has 0 nitrogen and oxygen atoms in total. The van der Waals surface area contributed by atoms with E-state index in [1.54, 1.807) is 22.7 Å². The monoisotopic (exact) mass is 270 g/mol. The van der Waals surface area contributed by atoms with Crippen LogP contribution in [-0.2, 0) is 0 Å². The van der Waals surface area contributed by atoms with Crippen LogP contribution in [0, 0.1) is 0 Å². The van der Waals surface area contributed by atoms with E-state index in [1.165, 1.54) is 14.9 Å². The van der Waals surface area contributed by atoms with E-state index < -0.39 is 0 Å². The van der Waals surface area contributed by atoms with E-state index >= 15 is 0 Å². The maximum atomic E-state index is 3.50. The average Bonchev–Trinajstić information content (AvgIpc) is 2.72. The van der Waals surface area contributed by atoms with Gasteiger partial charge >= 0.3 is 0 Å². The molecule has 66 valence electrons. The lowest BCUT2D eigenvalue weighted by Crippen LogP contribution is -1.63. The van der Waals surface area contributed by atoms with Crippen LogP contribution in [0.3, 0.4) is 0 Å². The Morgan fingerprint density at radius 3 is 2.69 bits per heavy atom. The fourth-order valence-corrected chi connectivity index (χ4v) is 2.80. The third-order valence-corrected chi connectivity index (χ3v) is 4.08. The molecule has 0 bridgehead atoms. The van der Waals surface area contributed by atoms with E-state index in [4.69, 9.17) is 0 Å². The molecule has 13 heavy (non-hydrogen) atoms. The Kier molecular flexibility index (Phi) is 2.98. The molecule has 0 aliphatic heterocycles. The Balaban J connectivity index is 2.19. The number of thiophene rings is 2. The first-order valence-corrected chi connectivity index (χ1v) is 6.41. The van der Waals surface area contributed by atoms with Gasteiger partial charge in [0.25, 0.3) is 0 Å². The van der Waals surface area contributed by atoms with Gasteiger partial charge in [-0.2, -0.15) is 11.3 Å². The van der Waals surface area contributed by atoms with E-state index in [0.717, 1.165) is 0 Å². The fourth-order valence-electron chi connectivity index (χ4n) is 0.978. The minimum absolute atomic E-state index is 1.19. The molecular formula is C10H7BrS2. The molecule has 0 atom stereocenters. The predicted octanol–water partition coefficient (Wildman–Crippen LogP) is 4.74. The minimum Gasteiger partial charge on any atom is -0.152 e. The van der Waals surface area contributed by atoms with E-state index in [1.807, 2.05) is 0 Å². The summed E-state index contributed by atoms with van der Waals surface area (Å²) in [6, 6.07) is 4.22. The summed E-state index contributed by atoms with van der Waals surface area (Å²) in [6.07, 6.45) is 4.26. The van der Waals surface area contributed by atoms with Gasteiger partial charge in [0.1, 0.15) is 0 Å². The largest absolute Gasteiger partial charge is 0.152 e. The second-order valence-corrected chi connectivity index (χ2v) is 5.55. The van der Waals surface area contributed by atoms with E-state index in [-0.39, 0.29) is 0 Å². The van der Waals surface area contributed by atoms with Crippen molar-refractivity contribution in [3.8, 4) is 0 Å². The quantitative estimate of drug-likeness (QED) is 0.739. The molecule has 0 aliphatic rings. The van der Waals surface area contributed by atoms with Gasteiger partial charge in [0, 0.05) is 0 Å². The highest BCUT2D eigenvalue weighted by atomic mass is 79.9. The highest BCUT2D eigenvalue weighted by molar-refractivity contribution is 9.11. The van der Waals surface area contributed by atoms with Crippen molar-refractivity contribution in [2.75, 3.05) is 0 Å². The van der Waals surface area contributed by atoms with Crippen LogP contribution in [0.1, 0.15) is 11.1 Å². The van der Waals surface area contributed by atoms with Crippen molar-refractivity contribution in [3.05, 3.63) is 43.2 Å². The van der Waals surface area contributed by atoms with Crippen LogP contribution < -0.4 is 0 Å². The summed E-state index contributed by atoms with van der Waals surface area (Å²) >= 11 is 6.93. The summed E-state index contributed by atoms with van der Waals surface area (Å²) < 4.78 is 1.19. The van der Waals surface area contributed by atoms with Crippen LogP contribution in [0.25, 0.3) is 12.2 Å². The molecule has 0 amide bonds. The van der Waals surface area contributed by atoms with E-state index in [2.05, 4.69) is 56.4 Å². The van der Waals surface area contributed by atoms with Crippen molar-refractivity contribution in [2.45, 2.75) is 0 Å². The van der Waals surface area contributed by atoms with Crippen LogP contribution in [0.2, 0.25) is 0 Å². The van der Waals surface area contributed by atoms with Crippen LogP contribution >= 0.6 is 38.6 Å². The molecule has 0 spiro atoms. The lowest BCUT2D eigenvalue weighted by molar-refractivity contribution is 1.82. The third-order valence-electron chi connectivity index (χ3n) is 1.64. The molecule has 0 fully saturated rings. The van der Waals surface area contributed by atoms with Crippen molar-refractivity contribution >= 4 is 50.8 Å². The number of hydrogen-bond acceptors (Lipinski definition) is 2. The Morgan fingerprint density at radius 2 is 2.08 bits per heavy atom. The van der Waals surface area contributed by atoms with Crippen molar-refractivity contribution in [3.63, 3.8) is 0 Å². The smallest absolute Gasteiger partial charge is 0.0770 e. The average molecular weight is 271 g/mol. The maximum absolute atomic E-state index is 3.50. The zero-order chi connectivity index (χ0) is 9.10. The highest BCUT2D eigenvalue weighted by Crippen LogP contribution is 2.25. The number of halogens is 1. The zero-order valence-electron chi connectivity index (χ0n) is 6.74. The van der Waals surface area contributed by atoms with Crippen LogP contribution in [0.5, 0.6) is 0 Å². The molecule has 0 unspecified atom stereocenters. The summed E-state index contributed by atoms with van der Waals surface area (Å²) in [6.45, 7) is 0. The molecule has 2 rings (SSSR count). The minimum atomic E-state index is 1.19. The highest BCUT2D eigenvalue weighted by Gasteiger charge is 1.95. The normalized spacial score (nSPS) is 11.2. The van der Waals surface area contributed by atoms with Gasteiger partial charge in [-0.05, 0) is 55.3 Å². The second kappa shape index (κ2) is 4.22. The van der Waals surface area contributed by atoms with Gasteiger partial charge < -0.3 is 0 Å².